The smallest absolute Gasteiger partial charge is 0.123 e. The standard InChI is InChI=1S/C12H16FN/c1-9-5-6-10(13)8-11(9)12-4-2-3-7-14-12/h5-6,8,12,14H,2-4,7H2,1H3/t12-/m1/s1. The van der Waals surface area contributed by atoms with Gasteiger partial charge in [0.1, 0.15) is 5.82 Å². The summed E-state index contributed by atoms with van der Waals surface area (Å²) in [6.45, 7) is 3.10. The molecule has 2 heteroatoms. The Morgan fingerprint density at radius 3 is 2.93 bits per heavy atom. The summed E-state index contributed by atoms with van der Waals surface area (Å²) in [6.07, 6.45) is 3.61. The van der Waals surface area contributed by atoms with E-state index in [-0.39, 0.29) is 5.82 Å². The molecule has 0 radical (unpaired) electrons. The van der Waals surface area contributed by atoms with Crippen LogP contribution in [-0.4, -0.2) is 6.54 Å². The van der Waals surface area contributed by atoms with Gasteiger partial charge in [0.15, 0.2) is 0 Å². The van der Waals surface area contributed by atoms with Crippen LogP contribution in [0.3, 0.4) is 0 Å². The second-order valence-corrected chi connectivity index (χ2v) is 4.00. The Morgan fingerprint density at radius 2 is 2.21 bits per heavy atom. The van der Waals surface area contributed by atoms with E-state index in [0.29, 0.717) is 6.04 Å². The zero-order chi connectivity index (χ0) is 9.97. The molecule has 1 aliphatic rings. The highest BCUT2D eigenvalue weighted by molar-refractivity contribution is 5.29. The predicted octanol–water partition coefficient (Wildman–Crippen LogP) is 2.95. The van der Waals surface area contributed by atoms with Crippen LogP contribution in [-0.2, 0) is 0 Å². The fourth-order valence-corrected chi connectivity index (χ4v) is 2.10. The molecule has 2 rings (SSSR count). The molecule has 0 spiro atoms. The number of piperidine rings is 1. The Morgan fingerprint density at radius 1 is 1.36 bits per heavy atom. The first-order chi connectivity index (χ1) is 6.77. The minimum atomic E-state index is -0.127. The van der Waals surface area contributed by atoms with Crippen LogP contribution in [0.2, 0.25) is 0 Å². The molecule has 1 N–H and O–H groups in total. The molecular formula is C12H16FN. The van der Waals surface area contributed by atoms with E-state index in [0.717, 1.165) is 18.5 Å². The summed E-state index contributed by atoms with van der Waals surface area (Å²) < 4.78 is 13.1. The van der Waals surface area contributed by atoms with Crippen LogP contribution in [0.25, 0.3) is 0 Å². The van der Waals surface area contributed by atoms with Gasteiger partial charge in [0.25, 0.3) is 0 Å². The highest BCUT2D eigenvalue weighted by Gasteiger charge is 2.16. The highest BCUT2D eigenvalue weighted by Crippen LogP contribution is 2.25. The Bertz CT molecular complexity index is 316. The van der Waals surface area contributed by atoms with Gasteiger partial charge < -0.3 is 5.32 Å². The second-order valence-electron chi connectivity index (χ2n) is 4.00. The molecule has 0 amide bonds. The molecule has 0 unspecified atom stereocenters. The first kappa shape index (κ1) is 9.66. The van der Waals surface area contributed by atoms with Gasteiger partial charge in [-0.1, -0.05) is 12.5 Å². The van der Waals surface area contributed by atoms with Crippen LogP contribution in [0.15, 0.2) is 18.2 Å². The average Bonchev–Trinajstić information content (AvgIpc) is 2.23. The number of benzene rings is 1. The quantitative estimate of drug-likeness (QED) is 0.723. The van der Waals surface area contributed by atoms with E-state index in [1.807, 2.05) is 13.0 Å². The molecule has 1 aliphatic heterocycles. The molecular weight excluding hydrogens is 177 g/mol. The van der Waals surface area contributed by atoms with E-state index in [9.17, 15) is 4.39 Å². The number of hydrogen-bond donors (Lipinski definition) is 1. The normalized spacial score (nSPS) is 22.3. The molecule has 1 heterocycles. The van der Waals surface area contributed by atoms with Crippen molar-refractivity contribution in [3.63, 3.8) is 0 Å². The van der Waals surface area contributed by atoms with E-state index >= 15 is 0 Å². The molecule has 1 saturated heterocycles. The summed E-state index contributed by atoms with van der Waals surface area (Å²) in [7, 11) is 0. The lowest BCUT2D eigenvalue weighted by Gasteiger charge is -2.25. The molecule has 1 aromatic rings. The topological polar surface area (TPSA) is 12.0 Å². The van der Waals surface area contributed by atoms with Crippen LogP contribution in [0.1, 0.15) is 36.4 Å². The molecule has 76 valence electrons. The van der Waals surface area contributed by atoms with Crippen molar-refractivity contribution >= 4 is 0 Å². The van der Waals surface area contributed by atoms with Crippen LogP contribution in [0, 0.1) is 12.7 Å². The summed E-state index contributed by atoms with van der Waals surface area (Å²) in [5.74, 6) is -0.127. The monoisotopic (exact) mass is 193 g/mol. The number of nitrogens with one attached hydrogen (secondary N) is 1. The van der Waals surface area contributed by atoms with Crippen LogP contribution < -0.4 is 5.32 Å². The summed E-state index contributed by atoms with van der Waals surface area (Å²) in [4.78, 5) is 0. The van der Waals surface area contributed by atoms with Gasteiger partial charge in [0.2, 0.25) is 0 Å². The van der Waals surface area contributed by atoms with Crippen molar-refractivity contribution in [2.45, 2.75) is 32.2 Å². The summed E-state index contributed by atoms with van der Waals surface area (Å²) in [5, 5.41) is 3.44. The molecule has 1 aromatic carbocycles. The Kier molecular flexibility index (Phi) is 2.82. The Hall–Kier alpha value is -0.890. The third-order valence-electron chi connectivity index (χ3n) is 2.93. The second kappa shape index (κ2) is 4.09. The molecule has 0 aliphatic carbocycles. The molecule has 1 fully saturated rings. The maximum atomic E-state index is 13.1. The lowest BCUT2D eigenvalue weighted by atomic mass is 9.94. The first-order valence-corrected chi connectivity index (χ1v) is 5.27. The lowest BCUT2D eigenvalue weighted by Crippen LogP contribution is -2.27. The van der Waals surface area contributed by atoms with Gasteiger partial charge in [-0.2, -0.15) is 0 Å². The van der Waals surface area contributed by atoms with E-state index < -0.39 is 0 Å². The molecule has 1 nitrogen and oxygen atoms in total. The molecule has 0 saturated carbocycles. The maximum absolute atomic E-state index is 13.1. The third-order valence-corrected chi connectivity index (χ3v) is 2.93. The van der Waals surface area contributed by atoms with E-state index in [2.05, 4.69) is 5.32 Å². The van der Waals surface area contributed by atoms with E-state index in [1.165, 1.54) is 24.5 Å². The number of hydrogen-bond acceptors (Lipinski definition) is 1. The number of rotatable bonds is 1. The minimum absolute atomic E-state index is 0.127. The van der Waals surface area contributed by atoms with Gasteiger partial charge in [0.05, 0.1) is 0 Å². The largest absolute Gasteiger partial charge is 0.310 e. The van der Waals surface area contributed by atoms with Crippen LogP contribution >= 0.6 is 0 Å². The molecule has 0 bridgehead atoms. The van der Waals surface area contributed by atoms with Gasteiger partial charge in [0, 0.05) is 6.04 Å². The fourth-order valence-electron chi connectivity index (χ4n) is 2.10. The van der Waals surface area contributed by atoms with E-state index in [4.69, 9.17) is 0 Å². The van der Waals surface area contributed by atoms with Gasteiger partial charge >= 0.3 is 0 Å². The van der Waals surface area contributed by atoms with Crippen molar-refractivity contribution in [3.05, 3.63) is 35.1 Å². The van der Waals surface area contributed by atoms with Crippen molar-refractivity contribution < 1.29 is 4.39 Å². The minimum Gasteiger partial charge on any atom is -0.310 e. The first-order valence-electron chi connectivity index (χ1n) is 5.27. The van der Waals surface area contributed by atoms with Crippen molar-refractivity contribution in [2.24, 2.45) is 0 Å². The zero-order valence-electron chi connectivity index (χ0n) is 8.52. The highest BCUT2D eigenvalue weighted by atomic mass is 19.1. The Labute approximate surface area is 84.3 Å². The van der Waals surface area contributed by atoms with E-state index in [1.54, 1.807) is 6.07 Å². The van der Waals surface area contributed by atoms with Crippen LogP contribution in [0.5, 0.6) is 0 Å². The zero-order valence-corrected chi connectivity index (χ0v) is 8.52. The van der Waals surface area contributed by atoms with Crippen molar-refractivity contribution in [1.82, 2.24) is 5.32 Å². The summed E-state index contributed by atoms with van der Waals surface area (Å²) >= 11 is 0. The van der Waals surface area contributed by atoms with Crippen molar-refractivity contribution in [3.8, 4) is 0 Å². The number of halogens is 1. The van der Waals surface area contributed by atoms with Crippen LogP contribution in [0.4, 0.5) is 4.39 Å². The Balaban J connectivity index is 2.24. The fraction of sp³-hybridized carbons (Fsp3) is 0.500. The average molecular weight is 193 g/mol. The van der Waals surface area contributed by atoms with Gasteiger partial charge in [-0.05, 0) is 49.6 Å². The number of aryl methyl sites for hydroxylation is 1. The maximum Gasteiger partial charge on any atom is 0.123 e. The molecule has 14 heavy (non-hydrogen) atoms. The van der Waals surface area contributed by atoms with Crippen molar-refractivity contribution in [1.29, 1.82) is 0 Å². The predicted molar refractivity (Wildman–Crippen MR) is 55.7 cm³/mol. The lowest BCUT2D eigenvalue weighted by molar-refractivity contribution is 0.409. The third kappa shape index (κ3) is 1.95. The van der Waals surface area contributed by atoms with Crippen molar-refractivity contribution in [2.75, 3.05) is 6.54 Å². The van der Waals surface area contributed by atoms with Gasteiger partial charge in [-0.15, -0.1) is 0 Å². The summed E-state index contributed by atoms with van der Waals surface area (Å²) in [6, 6.07) is 5.42. The SMILES string of the molecule is Cc1ccc(F)cc1[C@H]1CCCCN1. The van der Waals surface area contributed by atoms with Gasteiger partial charge in [-0.3, -0.25) is 0 Å². The summed E-state index contributed by atoms with van der Waals surface area (Å²) in [5.41, 5.74) is 2.32. The molecule has 1 atom stereocenters. The molecule has 0 aromatic heterocycles. The van der Waals surface area contributed by atoms with Gasteiger partial charge in [-0.25, -0.2) is 4.39 Å².